The zero-order valence-electron chi connectivity index (χ0n) is 16.6. The monoisotopic (exact) mass is 392 g/mol. The van der Waals surface area contributed by atoms with Crippen LogP contribution in [0.15, 0.2) is 52.4 Å². The molecule has 0 aliphatic carbocycles. The molecule has 8 heteroatoms. The van der Waals surface area contributed by atoms with E-state index in [1.165, 1.54) is 0 Å². The van der Waals surface area contributed by atoms with Gasteiger partial charge in [-0.3, -0.25) is 14.9 Å². The second kappa shape index (κ2) is 8.55. The Balaban J connectivity index is 1.63. The molecule has 2 amide bonds. The fourth-order valence-corrected chi connectivity index (χ4v) is 2.95. The number of benzene rings is 2. The molecule has 0 aromatic heterocycles. The molecule has 2 aromatic rings. The van der Waals surface area contributed by atoms with Gasteiger partial charge in [0.15, 0.2) is 0 Å². The van der Waals surface area contributed by atoms with Crippen LogP contribution in [0.2, 0.25) is 0 Å². The molecular weight excluding hydrogens is 368 g/mol. The van der Waals surface area contributed by atoms with E-state index in [-0.39, 0.29) is 30.2 Å². The predicted octanol–water partition coefficient (Wildman–Crippen LogP) is 2.22. The first kappa shape index (κ1) is 20.1. The van der Waals surface area contributed by atoms with Gasteiger partial charge in [-0.2, -0.15) is 4.99 Å². The number of hydrogen-bond acceptors (Lipinski definition) is 4. The smallest absolute Gasteiger partial charge is 0.252 e. The molecule has 0 bridgehead atoms. The fourth-order valence-electron chi connectivity index (χ4n) is 2.95. The molecule has 8 nitrogen and oxygen atoms in total. The highest BCUT2D eigenvalue weighted by molar-refractivity contribution is 6.11. The highest BCUT2D eigenvalue weighted by Crippen LogP contribution is 2.17. The second-order valence-corrected chi connectivity index (χ2v) is 6.97. The molecule has 1 heterocycles. The summed E-state index contributed by atoms with van der Waals surface area (Å²) in [6, 6.07) is 12.5. The Kier molecular flexibility index (Phi) is 5.92. The van der Waals surface area contributed by atoms with E-state index >= 15 is 0 Å². The SMILES string of the molecule is Cc1ccc(NC(=O)CC2N=C(/N=C(\N)Nc3ccccc3C)NC2=O)c(C)c1. The minimum atomic E-state index is -0.842. The molecule has 29 heavy (non-hydrogen) atoms. The topological polar surface area (TPSA) is 121 Å². The van der Waals surface area contributed by atoms with Gasteiger partial charge in [-0.25, -0.2) is 4.99 Å². The largest absolute Gasteiger partial charge is 0.369 e. The van der Waals surface area contributed by atoms with Gasteiger partial charge in [0.25, 0.3) is 5.91 Å². The highest BCUT2D eigenvalue weighted by atomic mass is 16.2. The number of hydrogen-bond donors (Lipinski definition) is 4. The molecular formula is C21H24N6O2. The lowest BCUT2D eigenvalue weighted by Gasteiger charge is -2.10. The maximum Gasteiger partial charge on any atom is 0.252 e. The van der Waals surface area contributed by atoms with Crippen molar-refractivity contribution in [3.05, 3.63) is 59.2 Å². The van der Waals surface area contributed by atoms with E-state index in [4.69, 9.17) is 5.73 Å². The van der Waals surface area contributed by atoms with Crippen LogP contribution < -0.4 is 21.7 Å². The summed E-state index contributed by atoms with van der Waals surface area (Å²) in [6.45, 7) is 5.84. The molecule has 0 saturated carbocycles. The van der Waals surface area contributed by atoms with E-state index < -0.39 is 6.04 Å². The molecule has 150 valence electrons. The summed E-state index contributed by atoms with van der Waals surface area (Å²) >= 11 is 0. The highest BCUT2D eigenvalue weighted by Gasteiger charge is 2.28. The third kappa shape index (κ3) is 5.19. The zero-order valence-corrected chi connectivity index (χ0v) is 16.6. The Morgan fingerprint density at radius 3 is 2.55 bits per heavy atom. The van der Waals surface area contributed by atoms with Crippen LogP contribution in [0.3, 0.4) is 0 Å². The molecule has 3 rings (SSSR count). The van der Waals surface area contributed by atoms with Crippen LogP contribution in [-0.4, -0.2) is 29.8 Å². The molecule has 0 radical (unpaired) electrons. The average molecular weight is 392 g/mol. The van der Waals surface area contributed by atoms with Gasteiger partial charge in [-0.1, -0.05) is 35.9 Å². The summed E-state index contributed by atoms with van der Waals surface area (Å²) in [6.07, 6.45) is -0.0801. The average Bonchev–Trinajstić information content (AvgIpc) is 2.98. The van der Waals surface area contributed by atoms with Gasteiger partial charge in [-0.15, -0.1) is 0 Å². The number of nitrogens with zero attached hydrogens (tertiary/aromatic N) is 2. The molecule has 5 N–H and O–H groups in total. The number of para-hydroxylation sites is 1. The van der Waals surface area contributed by atoms with Crippen molar-refractivity contribution in [1.29, 1.82) is 0 Å². The molecule has 0 fully saturated rings. The van der Waals surface area contributed by atoms with Crippen molar-refractivity contribution in [2.45, 2.75) is 33.2 Å². The van der Waals surface area contributed by atoms with Gasteiger partial charge >= 0.3 is 0 Å². The van der Waals surface area contributed by atoms with Crippen molar-refractivity contribution < 1.29 is 9.59 Å². The van der Waals surface area contributed by atoms with Crippen LogP contribution in [0.4, 0.5) is 11.4 Å². The van der Waals surface area contributed by atoms with Crippen molar-refractivity contribution >= 4 is 35.1 Å². The first-order valence-electron chi connectivity index (χ1n) is 9.24. The Morgan fingerprint density at radius 2 is 1.83 bits per heavy atom. The molecule has 1 atom stereocenters. The Bertz CT molecular complexity index is 1010. The van der Waals surface area contributed by atoms with E-state index in [0.717, 1.165) is 22.4 Å². The van der Waals surface area contributed by atoms with Crippen molar-refractivity contribution in [3.8, 4) is 0 Å². The molecule has 1 aliphatic rings. The van der Waals surface area contributed by atoms with Gasteiger partial charge in [-0.05, 0) is 44.0 Å². The van der Waals surface area contributed by atoms with E-state index in [1.54, 1.807) is 0 Å². The van der Waals surface area contributed by atoms with Crippen molar-refractivity contribution in [1.82, 2.24) is 5.32 Å². The van der Waals surface area contributed by atoms with Gasteiger partial charge in [0, 0.05) is 11.4 Å². The molecule has 0 saturated heterocycles. The number of rotatable bonds is 4. The van der Waals surface area contributed by atoms with E-state index in [0.29, 0.717) is 5.69 Å². The van der Waals surface area contributed by atoms with Crippen molar-refractivity contribution in [2.24, 2.45) is 15.7 Å². The third-order valence-electron chi connectivity index (χ3n) is 4.48. The van der Waals surface area contributed by atoms with Crippen LogP contribution in [0.1, 0.15) is 23.1 Å². The maximum atomic E-state index is 12.3. The number of carbonyl (C=O) groups excluding carboxylic acids is 2. The van der Waals surface area contributed by atoms with Crippen molar-refractivity contribution in [2.75, 3.05) is 10.6 Å². The van der Waals surface area contributed by atoms with Crippen LogP contribution in [0.25, 0.3) is 0 Å². The number of nitrogens with one attached hydrogen (secondary N) is 3. The van der Waals surface area contributed by atoms with Crippen LogP contribution in [0.5, 0.6) is 0 Å². The lowest BCUT2D eigenvalue weighted by Crippen LogP contribution is -2.32. The number of aryl methyl sites for hydroxylation is 3. The second-order valence-electron chi connectivity index (χ2n) is 6.97. The number of anilines is 2. The van der Waals surface area contributed by atoms with Gasteiger partial charge in [0.1, 0.15) is 6.04 Å². The lowest BCUT2D eigenvalue weighted by atomic mass is 10.1. The van der Waals surface area contributed by atoms with Gasteiger partial charge < -0.3 is 16.4 Å². The van der Waals surface area contributed by atoms with Gasteiger partial charge in [0.2, 0.25) is 17.8 Å². The van der Waals surface area contributed by atoms with E-state index in [9.17, 15) is 9.59 Å². The standard InChI is InChI=1S/C21H24N6O2/c1-12-8-9-16(14(3)10-12)23-18(28)11-17-19(29)26-21(25-17)27-20(22)24-15-7-5-4-6-13(15)2/h4-10,17H,11H2,1-3H3,(H,23,28)(H4,22,24,25,26,27,29). The molecule has 1 aliphatic heterocycles. The fraction of sp³-hybridized carbons (Fsp3) is 0.238. The van der Waals surface area contributed by atoms with Crippen molar-refractivity contribution in [3.63, 3.8) is 0 Å². The Hall–Kier alpha value is -3.68. The lowest BCUT2D eigenvalue weighted by molar-refractivity contribution is -0.123. The Morgan fingerprint density at radius 1 is 1.10 bits per heavy atom. The zero-order chi connectivity index (χ0) is 21.0. The summed E-state index contributed by atoms with van der Waals surface area (Å²) in [5.41, 5.74) is 10.5. The normalized spacial score (nSPS) is 16.2. The summed E-state index contributed by atoms with van der Waals surface area (Å²) in [4.78, 5) is 32.7. The van der Waals surface area contributed by atoms with E-state index in [2.05, 4.69) is 25.9 Å². The van der Waals surface area contributed by atoms with Crippen LogP contribution in [-0.2, 0) is 9.59 Å². The summed E-state index contributed by atoms with van der Waals surface area (Å²) < 4.78 is 0. The first-order chi connectivity index (χ1) is 13.8. The van der Waals surface area contributed by atoms with Crippen LogP contribution in [0, 0.1) is 20.8 Å². The predicted molar refractivity (Wildman–Crippen MR) is 115 cm³/mol. The minimum Gasteiger partial charge on any atom is -0.369 e. The maximum absolute atomic E-state index is 12.3. The van der Waals surface area contributed by atoms with Crippen LogP contribution >= 0.6 is 0 Å². The summed E-state index contributed by atoms with van der Waals surface area (Å²) in [5.74, 6) is -0.503. The number of nitrogens with two attached hydrogens (primary N) is 1. The summed E-state index contributed by atoms with van der Waals surface area (Å²) in [7, 11) is 0. The number of carbonyl (C=O) groups is 2. The molecule has 2 aromatic carbocycles. The molecule has 1 unspecified atom stereocenters. The first-order valence-corrected chi connectivity index (χ1v) is 9.24. The number of amides is 2. The number of guanidine groups is 2. The van der Waals surface area contributed by atoms with Gasteiger partial charge in [0.05, 0.1) is 6.42 Å². The van der Waals surface area contributed by atoms with E-state index in [1.807, 2.05) is 63.2 Å². The summed E-state index contributed by atoms with van der Waals surface area (Å²) in [5, 5.41) is 8.33. The Labute approximate surface area is 169 Å². The minimum absolute atomic E-state index is 0.0801. The molecule has 0 spiro atoms. The third-order valence-corrected chi connectivity index (χ3v) is 4.48. The number of aliphatic imine (C=N–C) groups is 2. The quantitative estimate of drug-likeness (QED) is 0.471.